The smallest absolute Gasteiger partial charge is 0.334 e. The lowest BCUT2D eigenvalue weighted by molar-refractivity contribution is -0.140. The third kappa shape index (κ3) is 3.35. The highest BCUT2D eigenvalue weighted by atomic mass is 33.1. The van der Waals surface area contributed by atoms with Gasteiger partial charge in [0.1, 0.15) is 0 Å². The van der Waals surface area contributed by atoms with Gasteiger partial charge in [0.15, 0.2) is 4.87 Å². The molecule has 0 rings (SSSR count). The van der Waals surface area contributed by atoms with Crippen molar-refractivity contribution in [2.24, 2.45) is 0 Å². The van der Waals surface area contributed by atoms with Crippen LogP contribution in [0.1, 0.15) is 13.8 Å². The number of hydrogen-bond acceptors (Lipinski definition) is 4. The molecule has 0 aromatic carbocycles. The first-order chi connectivity index (χ1) is 5.06. The van der Waals surface area contributed by atoms with E-state index in [0.717, 1.165) is 5.75 Å². The Labute approximate surface area is 74.7 Å². The molecular formula is C6H13NO2S2. The van der Waals surface area contributed by atoms with Crippen LogP contribution in [-0.2, 0) is 4.79 Å². The normalized spacial score (nSPS) is 15.9. The van der Waals surface area contributed by atoms with Gasteiger partial charge in [-0.1, -0.05) is 28.5 Å². The number of hydrogen-bond donors (Lipinski definition) is 2. The Balaban J connectivity index is 3.99. The van der Waals surface area contributed by atoms with E-state index < -0.39 is 10.8 Å². The lowest BCUT2D eigenvalue weighted by Crippen LogP contribution is -2.43. The van der Waals surface area contributed by atoms with E-state index in [1.54, 1.807) is 24.8 Å². The van der Waals surface area contributed by atoms with Crippen LogP contribution in [0.25, 0.3) is 0 Å². The lowest BCUT2D eigenvalue weighted by Gasteiger charge is -2.21. The Kier molecular flexibility index (Phi) is 4.96. The molecule has 3 nitrogen and oxygen atoms in total. The molecular weight excluding hydrogens is 182 g/mol. The quantitative estimate of drug-likeness (QED) is 0.513. The molecule has 5 heteroatoms. The van der Waals surface area contributed by atoms with E-state index in [0.29, 0.717) is 0 Å². The van der Waals surface area contributed by atoms with E-state index >= 15 is 0 Å². The molecule has 0 fully saturated rings. The molecule has 0 aliphatic rings. The van der Waals surface area contributed by atoms with E-state index in [-0.39, 0.29) is 0 Å². The summed E-state index contributed by atoms with van der Waals surface area (Å²) in [6.07, 6.45) is 0. The largest absolute Gasteiger partial charge is 0.479 e. The summed E-state index contributed by atoms with van der Waals surface area (Å²) in [7, 11) is 4.53. The lowest BCUT2D eigenvalue weighted by atomic mass is 10.3. The summed E-state index contributed by atoms with van der Waals surface area (Å²) < 4.78 is 0. The van der Waals surface area contributed by atoms with Crippen LogP contribution in [-0.4, -0.2) is 28.7 Å². The molecule has 0 bridgehead atoms. The number of carbonyl (C=O) groups is 1. The standard InChI is InChI=1S/C6H13NO2S2/c1-4-10-11-6(2,7-3)5(8)9/h7H,4H2,1-3H3,(H,8,9). The fourth-order valence-corrected chi connectivity index (χ4v) is 2.39. The van der Waals surface area contributed by atoms with Gasteiger partial charge in [-0.2, -0.15) is 0 Å². The highest BCUT2D eigenvalue weighted by molar-refractivity contribution is 8.77. The maximum atomic E-state index is 10.7. The fraction of sp³-hybridized carbons (Fsp3) is 0.833. The minimum absolute atomic E-state index is 0.828. The van der Waals surface area contributed by atoms with Gasteiger partial charge in [-0.3, -0.25) is 5.32 Å². The number of carboxylic acids is 1. The van der Waals surface area contributed by atoms with Gasteiger partial charge in [0.2, 0.25) is 0 Å². The number of likely N-dealkylation sites (N-methyl/N-ethyl adjacent to an activating group) is 1. The summed E-state index contributed by atoms with van der Waals surface area (Å²) in [6, 6.07) is 0. The Hall–Kier alpha value is 0.130. The fourth-order valence-electron chi connectivity index (χ4n) is 0.361. The third-order valence-corrected chi connectivity index (χ3v) is 4.35. The Morgan fingerprint density at radius 2 is 2.27 bits per heavy atom. The van der Waals surface area contributed by atoms with Crippen molar-refractivity contribution in [3.8, 4) is 0 Å². The van der Waals surface area contributed by atoms with Crippen molar-refractivity contribution in [3.63, 3.8) is 0 Å². The predicted octanol–water partition coefficient (Wildman–Crippen LogP) is 1.41. The first kappa shape index (κ1) is 11.1. The first-order valence-corrected chi connectivity index (χ1v) is 5.61. The van der Waals surface area contributed by atoms with E-state index in [2.05, 4.69) is 5.32 Å². The van der Waals surface area contributed by atoms with Crippen molar-refractivity contribution >= 4 is 27.6 Å². The predicted molar refractivity (Wildman–Crippen MR) is 50.8 cm³/mol. The summed E-state index contributed by atoms with van der Waals surface area (Å²) in [6.45, 7) is 3.65. The SMILES string of the molecule is CCSSC(C)(NC)C(=O)O. The van der Waals surface area contributed by atoms with Crippen molar-refractivity contribution in [2.45, 2.75) is 18.7 Å². The van der Waals surface area contributed by atoms with Gasteiger partial charge in [-0.15, -0.1) is 0 Å². The van der Waals surface area contributed by atoms with E-state index in [9.17, 15) is 4.79 Å². The summed E-state index contributed by atoms with van der Waals surface area (Å²) in [5.74, 6) is 0.0841. The molecule has 2 N–H and O–H groups in total. The van der Waals surface area contributed by atoms with Crippen LogP contribution < -0.4 is 5.32 Å². The van der Waals surface area contributed by atoms with E-state index in [1.807, 2.05) is 6.92 Å². The number of carboxylic acid groups (broad SMARTS) is 1. The Morgan fingerprint density at radius 1 is 1.73 bits per heavy atom. The van der Waals surface area contributed by atoms with Crippen LogP contribution >= 0.6 is 21.6 Å². The van der Waals surface area contributed by atoms with Crippen LogP contribution in [0.5, 0.6) is 0 Å². The zero-order valence-corrected chi connectivity index (χ0v) is 8.51. The van der Waals surface area contributed by atoms with Crippen LogP contribution in [0, 0.1) is 0 Å². The highest BCUT2D eigenvalue weighted by Gasteiger charge is 2.31. The van der Waals surface area contributed by atoms with Gasteiger partial charge in [0, 0.05) is 5.75 Å². The molecule has 0 heterocycles. The van der Waals surface area contributed by atoms with Crippen molar-refractivity contribution in [3.05, 3.63) is 0 Å². The number of nitrogens with one attached hydrogen (secondary N) is 1. The first-order valence-electron chi connectivity index (χ1n) is 3.29. The van der Waals surface area contributed by atoms with Crippen molar-refractivity contribution in [1.29, 1.82) is 0 Å². The van der Waals surface area contributed by atoms with Gasteiger partial charge in [0.25, 0.3) is 0 Å². The monoisotopic (exact) mass is 195 g/mol. The van der Waals surface area contributed by atoms with Gasteiger partial charge in [-0.05, 0) is 14.0 Å². The van der Waals surface area contributed by atoms with Crippen LogP contribution in [0.15, 0.2) is 0 Å². The maximum Gasteiger partial charge on any atom is 0.334 e. The molecule has 0 saturated carbocycles. The number of aliphatic carboxylic acids is 1. The zero-order chi connectivity index (χ0) is 8.91. The third-order valence-electron chi connectivity index (χ3n) is 1.23. The molecule has 0 aliphatic carbocycles. The average Bonchev–Trinajstić information content (AvgIpc) is 2.00. The zero-order valence-electron chi connectivity index (χ0n) is 6.88. The summed E-state index contributed by atoms with van der Waals surface area (Å²) in [4.78, 5) is 9.80. The van der Waals surface area contributed by atoms with Gasteiger partial charge < -0.3 is 5.11 Å². The van der Waals surface area contributed by atoms with Crippen molar-refractivity contribution in [2.75, 3.05) is 12.8 Å². The molecule has 66 valence electrons. The molecule has 0 radical (unpaired) electrons. The molecule has 1 atom stereocenters. The van der Waals surface area contributed by atoms with Crippen molar-refractivity contribution < 1.29 is 9.90 Å². The molecule has 0 aliphatic heterocycles. The Bertz CT molecular complexity index is 143. The second-order valence-electron chi connectivity index (χ2n) is 2.08. The van der Waals surface area contributed by atoms with Crippen LogP contribution in [0.2, 0.25) is 0 Å². The Morgan fingerprint density at radius 3 is 2.55 bits per heavy atom. The summed E-state index contributed by atoms with van der Waals surface area (Å²) in [5, 5.41) is 11.5. The van der Waals surface area contributed by atoms with Gasteiger partial charge in [0.05, 0.1) is 0 Å². The van der Waals surface area contributed by atoms with Crippen LogP contribution in [0.3, 0.4) is 0 Å². The second-order valence-corrected chi connectivity index (χ2v) is 5.08. The maximum absolute atomic E-state index is 10.7. The molecule has 0 aromatic rings. The topological polar surface area (TPSA) is 49.3 Å². The molecule has 0 saturated heterocycles. The van der Waals surface area contributed by atoms with Gasteiger partial charge >= 0.3 is 5.97 Å². The number of rotatable bonds is 5. The van der Waals surface area contributed by atoms with Crippen LogP contribution in [0.4, 0.5) is 0 Å². The molecule has 1 unspecified atom stereocenters. The highest BCUT2D eigenvalue weighted by Crippen LogP contribution is 2.33. The molecule has 0 aromatic heterocycles. The average molecular weight is 195 g/mol. The summed E-state index contributed by atoms with van der Waals surface area (Å²) >= 11 is 0. The van der Waals surface area contributed by atoms with E-state index in [4.69, 9.17) is 5.11 Å². The minimum atomic E-state index is -0.860. The van der Waals surface area contributed by atoms with Crippen molar-refractivity contribution in [1.82, 2.24) is 5.32 Å². The molecule has 11 heavy (non-hydrogen) atoms. The summed E-state index contributed by atoms with van der Waals surface area (Å²) in [5.41, 5.74) is 0. The molecule has 0 spiro atoms. The second kappa shape index (κ2) is 4.90. The molecule has 0 amide bonds. The van der Waals surface area contributed by atoms with E-state index in [1.165, 1.54) is 10.8 Å². The van der Waals surface area contributed by atoms with Gasteiger partial charge in [-0.25, -0.2) is 4.79 Å². The minimum Gasteiger partial charge on any atom is -0.479 e.